The molecule has 1 aromatic carbocycles. The summed E-state index contributed by atoms with van der Waals surface area (Å²) in [4.78, 5) is 26.8. The minimum atomic E-state index is -2.90. The molecule has 0 bridgehead atoms. The molecule has 0 aliphatic carbocycles. The third kappa shape index (κ3) is 5.36. The van der Waals surface area contributed by atoms with E-state index in [4.69, 9.17) is 9.47 Å². The number of pyridine rings is 1. The van der Waals surface area contributed by atoms with Crippen LogP contribution in [0.5, 0.6) is 5.75 Å². The van der Waals surface area contributed by atoms with E-state index in [0.29, 0.717) is 37.4 Å². The van der Waals surface area contributed by atoms with Gasteiger partial charge in [-0.25, -0.2) is 19.7 Å². The number of imidazole rings is 1. The Morgan fingerprint density at radius 3 is 2.70 bits per heavy atom. The van der Waals surface area contributed by atoms with Gasteiger partial charge in [-0.1, -0.05) is 18.2 Å². The lowest BCUT2D eigenvalue weighted by atomic mass is 10.1. The molecule has 37 heavy (non-hydrogen) atoms. The second kappa shape index (κ2) is 10.5. The SMILES string of the molecule is Cc1nc2ccc(-c3cnc(N4CCOC(C(=O)O)CC4)nc3)cn2c1Cc1ccccc1OC(F)F. The second-order valence-electron chi connectivity index (χ2n) is 8.70. The number of halogens is 2. The number of carboxylic acid groups (broad SMARTS) is 1. The number of para-hydroxylation sites is 1. The number of hydrogen-bond donors (Lipinski definition) is 1. The van der Waals surface area contributed by atoms with Gasteiger partial charge in [-0.15, -0.1) is 0 Å². The maximum Gasteiger partial charge on any atom is 0.387 e. The van der Waals surface area contributed by atoms with Crippen LogP contribution in [-0.4, -0.2) is 62.8 Å². The number of alkyl halides is 2. The Balaban J connectivity index is 1.40. The number of nitrogens with zero attached hydrogens (tertiary/aromatic N) is 5. The largest absolute Gasteiger partial charge is 0.479 e. The number of fused-ring (bicyclic) bond motifs is 1. The molecule has 1 atom stereocenters. The van der Waals surface area contributed by atoms with E-state index in [9.17, 15) is 18.7 Å². The van der Waals surface area contributed by atoms with Crippen molar-refractivity contribution in [1.29, 1.82) is 0 Å². The van der Waals surface area contributed by atoms with E-state index in [1.54, 1.807) is 30.6 Å². The number of benzene rings is 1. The molecule has 0 saturated carbocycles. The van der Waals surface area contributed by atoms with Gasteiger partial charge < -0.3 is 23.9 Å². The lowest BCUT2D eigenvalue weighted by Crippen LogP contribution is -2.28. The predicted molar refractivity (Wildman–Crippen MR) is 131 cm³/mol. The van der Waals surface area contributed by atoms with Gasteiger partial charge >= 0.3 is 12.6 Å². The molecule has 0 spiro atoms. The van der Waals surface area contributed by atoms with Gasteiger partial charge in [-0.05, 0) is 25.1 Å². The first-order valence-corrected chi connectivity index (χ1v) is 11.8. The maximum atomic E-state index is 12.9. The van der Waals surface area contributed by atoms with Crippen molar-refractivity contribution in [1.82, 2.24) is 19.4 Å². The summed E-state index contributed by atoms with van der Waals surface area (Å²) in [6, 6.07) is 10.6. The summed E-state index contributed by atoms with van der Waals surface area (Å²) < 4.78 is 37.8. The highest BCUT2D eigenvalue weighted by molar-refractivity contribution is 5.72. The summed E-state index contributed by atoms with van der Waals surface area (Å²) in [5, 5.41) is 9.19. The van der Waals surface area contributed by atoms with Crippen molar-refractivity contribution in [2.24, 2.45) is 0 Å². The Bertz CT molecular complexity index is 1410. The number of ether oxygens (including phenoxy) is 2. The van der Waals surface area contributed by atoms with Crippen molar-refractivity contribution < 1.29 is 28.2 Å². The highest BCUT2D eigenvalue weighted by atomic mass is 19.3. The van der Waals surface area contributed by atoms with Crippen LogP contribution in [0.25, 0.3) is 16.8 Å². The predicted octanol–water partition coefficient (Wildman–Crippen LogP) is 3.97. The fourth-order valence-electron chi connectivity index (χ4n) is 4.44. The molecule has 5 rings (SSSR count). The minimum Gasteiger partial charge on any atom is -0.479 e. The highest BCUT2D eigenvalue weighted by Crippen LogP contribution is 2.27. The van der Waals surface area contributed by atoms with Crippen molar-refractivity contribution in [3.63, 3.8) is 0 Å². The summed E-state index contributed by atoms with van der Waals surface area (Å²) in [5.41, 5.74) is 4.67. The number of aryl methyl sites for hydroxylation is 1. The van der Waals surface area contributed by atoms with Gasteiger partial charge in [-0.3, -0.25) is 0 Å². The number of carbonyl (C=O) groups is 1. The van der Waals surface area contributed by atoms with E-state index in [2.05, 4.69) is 15.0 Å². The molecule has 1 fully saturated rings. The molecule has 4 aromatic rings. The average molecular weight is 510 g/mol. The Morgan fingerprint density at radius 1 is 1.16 bits per heavy atom. The van der Waals surface area contributed by atoms with E-state index < -0.39 is 18.7 Å². The Kier molecular flexibility index (Phi) is 6.95. The van der Waals surface area contributed by atoms with Gasteiger partial charge in [0, 0.05) is 66.9 Å². The maximum absolute atomic E-state index is 12.9. The second-order valence-corrected chi connectivity index (χ2v) is 8.70. The van der Waals surface area contributed by atoms with Crippen LogP contribution in [0.1, 0.15) is 23.4 Å². The number of anilines is 1. The third-order valence-corrected chi connectivity index (χ3v) is 6.34. The molecule has 9 nitrogen and oxygen atoms in total. The van der Waals surface area contributed by atoms with E-state index in [1.807, 2.05) is 34.6 Å². The van der Waals surface area contributed by atoms with Crippen molar-refractivity contribution in [2.45, 2.75) is 32.5 Å². The lowest BCUT2D eigenvalue weighted by molar-refractivity contribution is -0.149. The van der Waals surface area contributed by atoms with Crippen LogP contribution < -0.4 is 9.64 Å². The van der Waals surface area contributed by atoms with Crippen molar-refractivity contribution in [3.05, 3.63) is 71.9 Å². The van der Waals surface area contributed by atoms with Crippen molar-refractivity contribution in [3.8, 4) is 16.9 Å². The third-order valence-electron chi connectivity index (χ3n) is 6.34. The molecule has 1 unspecified atom stereocenters. The first-order chi connectivity index (χ1) is 17.9. The Labute approximate surface area is 211 Å². The molecule has 1 saturated heterocycles. The molecular weight excluding hydrogens is 484 g/mol. The van der Waals surface area contributed by atoms with E-state index in [1.165, 1.54) is 6.07 Å². The molecule has 4 heterocycles. The van der Waals surface area contributed by atoms with Gasteiger partial charge in [-0.2, -0.15) is 8.78 Å². The zero-order valence-electron chi connectivity index (χ0n) is 20.1. The van der Waals surface area contributed by atoms with Crippen LogP contribution in [0.15, 0.2) is 55.0 Å². The standard InChI is InChI=1S/C26H25F2N5O4/c1-16-20(12-17-4-2-3-5-21(17)37-25(27)28)33-15-18(6-7-23(33)31-16)19-13-29-26(30-14-19)32-9-8-22(24(34)35)36-11-10-32/h2-7,13-15,22,25H,8-12H2,1H3,(H,34,35). The number of carboxylic acids is 1. The molecular formula is C26H25F2N5O4. The van der Waals surface area contributed by atoms with E-state index in [0.717, 1.165) is 28.2 Å². The molecule has 1 aliphatic heterocycles. The zero-order valence-corrected chi connectivity index (χ0v) is 20.1. The molecule has 192 valence electrons. The van der Waals surface area contributed by atoms with Crippen LogP contribution in [0, 0.1) is 6.92 Å². The fourth-order valence-corrected chi connectivity index (χ4v) is 4.44. The van der Waals surface area contributed by atoms with Gasteiger partial charge in [0.25, 0.3) is 0 Å². The molecule has 0 radical (unpaired) electrons. The molecule has 11 heteroatoms. The van der Waals surface area contributed by atoms with Gasteiger partial charge in [0.05, 0.1) is 12.3 Å². The molecule has 0 amide bonds. The normalized spacial score (nSPS) is 16.2. The first kappa shape index (κ1) is 24.6. The summed E-state index contributed by atoms with van der Waals surface area (Å²) in [5.74, 6) is -0.317. The lowest BCUT2D eigenvalue weighted by Gasteiger charge is -2.19. The Morgan fingerprint density at radius 2 is 1.95 bits per heavy atom. The molecule has 1 aliphatic rings. The Hall–Kier alpha value is -4.12. The number of hydrogen-bond acceptors (Lipinski definition) is 7. The highest BCUT2D eigenvalue weighted by Gasteiger charge is 2.24. The van der Waals surface area contributed by atoms with Crippen LogP contribution in [-0.2, 0) is 16.0 Å². The summed E-state index contributed by atoms with van der Waals surface area (Å²) in [6.07, 6.45) is 5.27. The summed E-state index contributed by atoms with van der Waals surface area (Å²) in [6.45, 7) is 0.253. The van der Waals surface area contributed by atoms with Gasteiger partial charge in [0.1, 0.15) is 11.4 Å². The van der Waals surface area contributed by atoms with Gasteiger partial charge in [0.2, 0.25) is 5.95 Å². The zero-order chi connectivity index (χ0) is 25.9. The topological polar surface area (TPSA) is 102 Å². The fraction of sp³-hybridized carbons (Fsp3) is 0.308. The monoisotopic (exact) mass is 509 g/mol. The quantitative estimate of drug-likeness (QED) is 0.399. The smallest absolute Gasteiger partial charge is 0.387 e. The average Bonchev–Trinajstić information content (AvgIpc) is 3.04. The number of rotatable bonds is 7. The van der Waals surface area contributed by atoms with Gasteiger partial charge in [0.15, 0.2) is 6.10 Å². The van der Waals surface area contributed by atoms with Crippen molar-refractivity contribution >= 4 is 17.6 Å². The first-order valence-electron chi connectivity index (χ1n) is 11.8. The minimum absolute atomic E-state index is 0.139. The number of aliphatic carboxylic acids is 1. The summed E-state index contributed by atoms with van der Waals surface area (Å²) >= 11 is 0. The summed E-state index contributed by atoms with van der Waals surface area (Å²) in [7, 11) is 0. The molecule has 3 aromatic heterocycles. The van der Waals surface area contributed by atoms with Crippen LogP contribution in [0.3, 0.4) is 0 Å². The van der Waals surface area contributed by atoms with Crippen molar-refractivity contribution in [2.75, 3.05) is 24.6 Å². The van der Waals surface area contributed by atoms with Crippen LogP contribution in [0.2, 0.25) is 0 Å². The van der Waals surface area contributed by atoms with E-state index >= 15 is 0 Å². The van der Waals surface area contributed by atoms with Crippen LogP contribution >= 0.6 is 0 Å². The number of aromatic nitrogens is 4. The molecule has 1 N–H and O–H groups in total. The van der Waals surface area contributed by atoms with Crippen LogP contribution in [0.4, 0.5) is 14.7 Å². The van der Waals surface area contributed by atoms with E-state index in [-0.39, 0.29) is 12.4 Å².